The van der Waals surface area contributed by atoms with Crippen molar-refractivity contribution < 1.29 is 19.1 Å². The molecule has 0 spiro atoms. The second-order valence-corrected chi connectivity index (χ2v) is 9.94. The summed E-state index contributed by atoms with van der Waals surface area (Å²) in [5, 5.41) is 15.9. The van der Waals surface area contributed by atoms with Crippen LogP contribution in [0.5, 0.6) is 5.75 Å². The van der Waals surface area contributed by atoms with Crippen LogP contribution in [0, 0.1) is 11.3 Å². The standard InChI is InChI=1S/C28H26N6O4/c29-12-18-2-1-3-21(10-18)34-15-19(13-30-34)14-32-9-8-23(17-32)38-22-4-5-24-20(11-22)16-33(28(24)37)25-6-7-26(35)31-27(25)36/h1-5,10-11,13,15,23,25H,6-9,14,16-17H2,(H,31,35,36)/t23-,25?/m0/s1. The molecule has 2 fully saturated rings. The highest BCUT2D eigenvalue weighted by atomic mass is 16.5. The van der Waals surface area contributed by atoms with Gasteiger partial charge >= 0.3 is 0 Å². The van der Waals surface area contributed by atoms with E-state index in [4.69, 9.17) is 10.00 Å². The maximum atomic E-state index is 12.9. The molecule has 2 aromatic carbocycles. The van der Waals surface area contributed by atoms with Gasteiger partial charge in [-0.05, 0) is 54.8 Å². The molecule has 192 valence electrons. The third-order valence-corrected chi connectivity index (χ3v) is 7.31. The smallest absolute Gasteiger partial charge is 0.255 e. The Labute approximate surface area is 219 Å². The molecule has 0 radical (unpaired) electrons. The zero-order valence-electron chi connectivity index (χ0n) is 20.7. The highest BCUT2D eigenvalue weighted by Crippen LogP contribution is 2.31. The second kappa shape index (κ2) is 9.76. The van der Waals surface area contributed by atoms with E-state index in [1.165, 1.54) is 0 Å². The third-order valence-electron chi connectivity index (χ3n) is 7.31. The van der Waals surface area contributed by atoms with E-state index < -0.39 is 11.9 Å². The summed E-state index contributed by atoms with van der Waals surface area (Å²) in [6, 6.07) is 14.3. The van der Waals surface area contributed by atoms with Crippen molar-refractivity contribution in [1.29, 1.82) is 5.26 Å². The molecule has 1 N–H and O–H groups in total. The molecule has 6 rings (SSSR count). The number of imide groups is 1. The number of carbonyl (C=O) groups is 3. The van der Waals surface area contributed by atoms with Crippen molar-refractivity contribution in [3.8, 4) is 17.5 Å². The average Bonchev–Trinajstić information content (AvgIpc) is 3.64. The Morgan fingerprint density at radius 3 is 2.87 bits per heavy atom. The number of rotatable bonds is 6. The zero-order chi connectivity index (χ0) is 26.2. The molecular weight excluding hydrogens is 484 g/mol. The minimum Gasteiger partial charge on any atom is -0.489 e. The van der Waals surface area contributed by atoms with Gasteiger partial charge < -0.3 is 9.64 Å². The Hall–Kier alpha value is -4.49. The van der Waals surface area contributed by atoms with Gasteiger partial charge in [0, 0.05) is 49.9 Å². The Balaban J connectivity index is 1.06. The number of aromatic nitrogens is 2. The lowest BCUT2D eigenvalue weighted by molar-refractivity contribution is -0.136. The van der Waals surface area contributed by atoms with Crippen LogP contribution in [0.3, 0.4) is 0 Å². The molecule has 1 aromatic heterocycles. The van der Waals surface area contributed by atoms with Gasteiger partial charge in [-0.1, -0.05) is 6.07 Å². The molecule has 2 saturated heterocycles. The number of nitriles is 1. The summed E-state index contributed by atoms with van der Waals surface area (Å²) < 4.78 is 8.05. The van der Waals surface area contributed by atoms with Crippen molar-refractivity contribution in [2.45, 2.75) is 44.5 Å². The number of carbonyl (C=O) groups excluding carboxylic acids is 3. The first-order valence-electron chi connectivity index (χ1n) is 12.7. The van der Waals surface area contributed by atoms with E-state index in [1.807, 2.05) is 42.7 Å². The molecule has 10 nitrogen and oxygen atoms in total. The van der Waals surface area contributed by atoms with Gasteiger partial charge in [-0.2, -0.15) is 10.4 Å². The molecule has 10 heteroatoms. The van der Waals surface area contributed by atoms with Crippen LogP contribution in [-0.2, 0) is 22.7 Å². The summed E-state index contributed by atoms with van der Waals surface area (Å²) in [5.41, 5.74) is 3.94. The van der Waals surface area contributed by atoms with Gasteiger partial charge in [0.15, 0.2) is 0 Å². The van der Waals surface area contributed by atoms with Crippen LogP contribution in [-0.4, -0.2) is 62.5 Å². The third kappa shape index (κ3) is 4.64. The van der Waals surface area contributed by atoms with Gasteiger partial charge in [-0.25, -0.2) is 4.68 Å². The summed E-state index contributed by atoms with van der Waals surface area (Å²) in [7, 11) is 0. The summed E-state index contributed by atoms with van der Waals surface area (Å²) >= 11 is 0. The van der Waals surface area contributed by atoms with E-state index in [-0.39, 0.29) is 24.3 Å². The Morgan fingerprint density at radius 2 is 2.03 bits per heavy atom. The molecule has 38 heavy (non-hydrogen) atoms. The molecule has 4 heterocycles. The van der Waals surface area contributed by atoms with Gasteiger partial charge in [0.2, 0.25) is 11.8 Å². The van der Waals surface area contributed by atoms with Crippen molar-refractivity contribution in [2.75, 3.05) is 13.1 Å². The van der Waals surface area contributed by atoms with Crippen LogP contribution in [0.25, 0.3) is 5.69 Å². The molecule has 2 atom stereocenters. The van der Waals surface area contributed by atoms with Gasteiger partial charge in [-0.3, -0.25) is 24.6 Å². The number of amides is 3. The number of benzene rings is 2. The highest BCUT2D eigenvalue weighted by Gasteiger charge is 2.39. The molecule has 3 amide bonds. The normalized spacial score (nSPS) is 21.3. The molecule has 0 saturated carbocycles. The minimum absolute atomic E-state index is 0.0266. The van der Waals surface area contributed by atoms with Crippen LogP contribution >= 0.6 is 0 Å². The summed E-state index contributed by atoms with van der Waals surface area (Å²) in [6.45, 7) is 2.74. The van der Waals surface area contributed by atoms with Crippen LogP contribution in [0.4, 0.5) is 0 Å². The number of fused-ring (bicyclic) bond motifs is 1. The first-order chi connectivity index (χ1) is 18.5. The number of ether oxygens (including phenoxy) is 1. The van der Waals surface area contributed by atoms with Gasteiger partial charge in [0.05, 0.1) is 23.5 Å². The number of piperidine rings is 1. The quantitative estimate of drug-likeness (QED) is 0.505. The van der Waals surface area contributed by atoms with E-state index in [9.17, 15) is 14.4 Å². The SMILES string of the molecule is N#Cc1cccc(-n2cc(CN3CC[C@H](Oc4ccc5c(c4)CN(C4CCC(=O)NC4=O)C5=O)C3)cn2)c1. The summed E-state index contributed by atoms with van der Waals surface area (Å²) in [6.07, 6.45) is 5.32. The number of hydrogen-bond donors (Lipinski definition) is 1. The monoisotopic (exact) mass is 510 g/mol. The van der Waals surface area contributed by atoms with E-state index in [0.29, 0.717) is 29.8 Å². The number of hydrogen-bond acceptors (Lipinski definition) is 7. The van der Waals surface area contributed by atoms with E-state index in [0.717, 1.165) is 42.9 Å². The summed E-state index contributed by atoms with van der Waals surface area (Å²) in [5.74, 6) is -0.186. The van der Waals surface area contributed by atoms with E-state index in [1.54, 1.807) is 21.7 Å². The van der Waals surface area contributed by atoms with Crippen molar-refractivity contribution in [2.24, 2.45) is 0 Å². The minimum atomic E-state index is -0.625. The molecule has 3 aromatic rings. The molecule has 0 aliphatic carbocycles. The first kappa shape index (κ1) is 23.9. The number of likely N-dealkylation sites (tertiary alicyclic amines) is 1. The van der Waals surface area contributed by atoms with Gasteiger partial charge in [0.25, 0.3) is 5.91 Å². The van der Waals surface area contributed by atoms with E-state index in [2.05, 4.69) is 21.4 Å². The fourth-order valence-corrected chi connectivity index (χ4v) is 5.41. The van der Waals surface area contributed by atoms with Crippen molar-refractivity contribution in [3.63, 3.8) is 0 Å². The molecule has 1 unspecified atom stereocenters. The topological polar surface area (TPSA) is 121 Å². The van der Waals surface area contributed by atoms with Crippen LogP contribution in [0.15, 0.2) is 54.9 Å². The van der Waals surface area contributed by atoms with Crippen LogP contribution in [0.2, 0.25) is 0 Å². The highest BCUT2D eigenvalue weighted by molar-refractivity contribution is 6.05. The predicted octanol–water partition coefficient (Wildman–Crippen LogP) is 2.16. The van der Waals surface area contributed by atoms with Crippen molar-refractivity contribution in [1.82, 2.24) is 24.9 Å². The van der Waals surface area contributed by atoms with Crippen LogP contribution < -0.4 is 10.1 Å². The maximum absolute atomic E-state index is 12.9. The van der Waals surface area contributed by atoms with Crippen molar-refractivity contribution in [3.05, 3.63) is 77.1 Å². The molecule has 3 aliphatic heterocycles. The van der Waals surface area contributed by atoms with Crippen molar-refractivity contribution >= 4 is 17.7 Å². The molecule has 3 aliphatic rings. The van der Waals surface area contributed by atoms with Gasteiger partial charge in [-0.15, -0.1) is 0 Å². The fraction of sp³-hybridized carbons (Fsp3) is 0.321. The first-order valence-corrected chi connectivity index (χ1v) is 12.7. The Kier molecular flexibility index (Phi) is 6.13. The average molecular weight is 511 g/mol. The lowest BCUT2D eigenvalue weighted by atomic mass is 10.0. The largest absolute Gasteiger partial charge is 0.489 e. The zero-order valence-corrected chi connectivity index (χ0v) is 20.7. The lowest BCUT2D eigenvalue weighted by Gasteiger charge is -2.29. The number of nitrogens with one attached hydrogen (secondary N) is 1. The number of nitrogens with zero attached hydrogens (tertiary/aromatic N) is 5. The maximum Gasteiger partial charge on any atom is 0.255 e. The molecular formula is C28H26N6O4. The fourth-order valence-electron chi connectivity index (χ4n) is 5.41. The lowest BCUT2D eigenvalue weighted by Crippen LogP contribution is -2.52. The van der Waals surface area contributed by atoms with Gasteiger partial charge in [0.1, 0.15) is 17.9 Å². The summed E-state index contributed by atoms with van der Waals surface area (Å²) in [4.78, 5) is 40.5. The van der Waals surface area contributed by atoms with Crippen LogP contribution in [0.1, 0.15) is 46.3 Å². The predicted molar refractivity (Wildman–Crippen MR) is 135 cm³/mol. The van der Waals surface area contributed by atoms with E-state index >= 15 is 0 Å². The Bertz CT molecular complexity index is 1470. The second-order valence-electron chi connectivity index (χ2n) is 9.94. The Morgan fingerprint density at radius 1 is 1.13 bits per heavy atom. The molecule has 0 bridgehead atoms.